The van der Waals surface area contributed by atoms with Crippen LogP contribution in [0, 0.1) is 6.92 Å². The van der Waals surface area contributed by atoms with Gasteiger partial charge in [-0.2, -0.15) is 0 Å². The number of thiazole rings is 1. The van der Waals surface area contributed by atoms with Gasteiger partial charge in [0.1, 0.15) is 10.0 Å². The molecule has 3 heterocycles. The van der Waals surface area contributed by atoms with Gasteiger partial charge in [-0.15, -0.1) is 21.5 Å². The Hall–Kier alpha value is -1.28. The minimum absolute atomic E-state index is 0.770. The Kier molecular flexibility index (Phi) is 4.67. The highest BCUT2D eigenvalue weighted by Gasteiger charge is 2.19. The summed E-state index contributed by atoms with van der Waals surface area (Å²) in [4.78, 5) is 9.63. The average molecular weight is 380 g/mol. The second-order valence-electron chi connectivity index (χ2n) is 5.94. The van der Waals surface area contributed by atoms with E-state index in [1.54, 1.807) is 22.7 Å². The van der Waals surface area contributed by atoms with Crippen molar-refractivity contribution in [3.05, 3.63) is 33.2 Å². The molecular formula is C16H18ClN5S2. The van der Waals surface area contributed by atoms with Crippen molar-refractivity contribution in [3.63, 3.8) is 0 Å². The predicted octanol–water partition coefficient (Wildman–Crippen LogP) is 3.82. The van der Waals surface area contributed by atoms with E-state index >= 15 is 0 Å². The first kappa shape index (κ1) is 16.2. The molecule has 126 valence electrons. The summed E-state index contributed by atoms with van der Waals surface area (Å²) >= 11 is 9.50. The van der Waals surface area contributed by atoms with E-state index in [-0.39, 0.29) is 0 Å². The van der Waals surface area contributed by atoms with Crippen LogP contribution in [-0.4, -0.2) is 46.3 Å². The summed E-state index contributed by atoms with van der Waals surface area (Å²) in [5.41, 5.74) is 1.03. The molecule has 8 heteroatoms. The number of nitrogens with zero attached hydrogens (tertiary/aromatic N) is 5. The van der Waals surface area contributed by atoms with Crippen LogP contribution in [0.25, 0.3) is 10.2 Å². The molecule has 1 aromatic carbocycles. The van der Waals surface area contributed by atoms with Gasteiger partial charge in [-0.1, -0.05) is 22.9 Å². The molecule has 0 unspecified atom stereocenters. The van der Waals surface area contributed by atoms with Gasteiger partial charge >= 0.3 is 0 Å². The Bertz CT molecular complexity index is 846. The zero-order chi connectivity index (χ0) is 16.5. The smallest absolute Gasteiger partial charge is 0.186 e. The first-order valence-electron chi connectivity index (χ1n) is 8.00. The number of anilines is 1. The maximum atomic E-state index is 6.09. The maximum absolute atomic E-state index is 6.09. The topological polar surface area (TPSA) is 45.2 Å². The second kappa shape index (κ2) is 6.92. The van der Waals surface area contributed by atoms with Crippen LogP contribution >= 0.6 is 34.3 Å². The predicted molar refractivity (Wildman–Crippen MR) is 101 cm³/mol. The van der Waals surface area contributed by atoms with Crippen LogP contribution < -0.4 is 4.90 Å². The summed E-state index contributed by atoms with van der Waals surface area (Å²) in [6.45, 7) is 7.05. The SMILES string of the molecule is Cc1nnc(CN2CCCN(c3nc4ccc(Cl)cc4s3)CC2)s1. The van der Waals surface area contributed by atoms with Crippen molar-refractivity contribution in [1.29, 1.82) is 0 Å². The Balaban J connectivity index is 1.45. The summed E-state index contributed by atoms with van der Waals surface area (Å²) in [7, 11) is 0. The fourth-order valence-corrected chi connectivity index (χ4v) is 4.98. The zero-order valence-electron chi connectivity index (χ0n) is 13.4. The van der Waals surface area contributed by atoms with Crippen LogP contribution in [0.4, 0.5) is 5.13 Å². The number of halogens is 1. The van der Waals surface area contributed by atoms with Crippen molar-refractivity contribution in [2.75, 3.05) is 31.1 Å². The van der Waals surface area contributed by atoms with Gasteiger partial charge in [-0.05, 0) is 31.5 Å². The van der Waals surface area contributed by atoms with E-state index in [0.29, 0.717) is 0 Å². The largest absolute Gasteiger partial charge is 0.347 e. The van der Waals surface area contributed by atoms with Gasteiger partial charge in [0, 0.05) is 31.2 Å². The number of fused-ring (bicyclic) bond motifs is 1. The normalized spacial score (nSPS) is 16.7. The van der Waals surface area contributed by atoms with Gasteiger partial charge in [-0.25, -0.2) is 4.98 Å². The Morgan fingerprint density at radius 1 is 1.12 bits per heavy atom. The molecule has 0 bridgehead atoms. The molecule has 5 nitrogen and oxygen atoms in total. The zero-order valence-corrected chi connectivity index (χ0v) is 15.8. The molecule has 0 amide bonds. The molecule has 0 aliphatic carbocycles. The van der Waals surface area contributed by atoms with E-state index in [2.05, 4.69) is 20.0 Å². The van der Waals surface area contributed by atoms with E-state index in [0.717, 1.165) is 69.5 Å². The molecular weight excluding hydrogens is 362 g/mol. The standard InChI is InChI=1S/C16H18ClN5S2/c1-11-19-20-15(23-11)10-21-5-2-6-22(8-7-21)16-18-13-4-3-12(17)9-14(13)24-16/h3-4,9H,2,5-8,10H2,1H3. The van der Waals surface area contributed by atoms with E-state index < -0.39 is 0 Å². The highest BCUT2D eigenvalue weighted by molar-refractivity contribution is 7.22. The quantitative estimate of drug-likeness (QED) is 0.692. The lowest BCUT2D eigenvalue weighted by Gasteiger charge is -2.20. The van der Waals surface area contributed by atoms with E-state index in [4.69, 9.17) is 16.6 Å². The molecule has 1 fully saturated rings. The van der Waals surface area contributed by atoms with Crippen LogP contribution in [0.5, 0.6) is 0 Å². The van der Waals surface area contributed by atoms with E-state index in [9.17, 15) is 0 Å². The van der Waals surface area contributed by atoms with Gasteiger partial charge < -0.3 is 4.90 Å². The molecule has 2 aromatic heterocycles. The molecule has 0 saturated carbocycles. The molecule has 1 aliphatic rings. The van der Waals surface area contributed by atoms with Crippen molar-refractivity contribution < 1.29 is 0 Å². The maximum Gasteiger partial charge on any atom is 0.186 e. The van der Waals surface area contributed by atoms with Gasteiger partial charge in [0.15, 0.2) is 5.13 Å². The lowest BCUT2D eigenvalue weighted by Crippen LogP contribution is -2.30. The number of aromatic nitrogens is 3. The molecule has 24 heavy (non-hydrogen) atoms. The van der Waals surface area contributed by atoms with Crippen LogP contribution in [0.1, 0.15) is 16.4 Å². The highest BCUT2D eigenvalue weighted by Crippen LogP contribution is 2.31. The van der Waals surface area contributed by atoms with E-state index in [1.807, 2.05) is 25.1 Å². The van der Waals surface area contributed by atoms with Crippen molar-refractivity contribution in [2.45, 2.75) is 19.9 Å². The average Bonchev–Trinajstić information content (AvgIpc) is 3.08. The van der Waals surface area contributed by atoms with E-state index in [1.165, 1.54) is 0 Å². The van der Waals surface area contributed by atoms with Crippen LogP contribution in [0.15, 0.2) is 18.2 Å². The second-order valence-corrected chi connectivity index (χ2v) is 8.65. The highest BCUT2D eigenvalue weighted by atomic mass is 35.5. The molecule has 1 aliphatic heterocycles. The Morgan fingerprint density at radius 2 is 2.04 bits per heavy atom. The van der Waals surface area contributed by atoms with Gasteiger partial charge in [0.05, 0.1) is 16.8 Å². The molecule has 0 atom stereocenters. The molecule has 0 spiro atoms. The fourth-order valence-electron chi connectivity index (χ4n) is 2.93. The minimum Gasteiger partial charge on any atom is -0.347 e. The lowest BCUT2D eigenvalue weighted by atomic mass is 10.3. The van der Waals surface area contributed by atoms with Crippen LogP contribution in [0.3, 0.4) is 0 Å². The molecule has 0 N–H and O–H groups in total. The lowest BCUT2D eigenvalue weighted by molar-refractivity contribution is 0.284. The summed E-state index contributed by atoms with van der Waals surface area (Å²) in [6.07, 6.45) is 1.13. The number of rotatable bonds is 3. The van der Waals surface area contributed by atoms with Crippen molar-refractivity contribution in [3.8, 4) is 0 Å². The summed E-state index contributed by atoms with van der Waals surface area (Å²) in [6, 6.07) is 5.90. The third-order valence-electron chi connectivity index (χ3n) is 4.12. The Labute approximate surface area is 153 Å². The molecule has 0 radical (unpaired) electrons. The van der Waals surface area contributed by atoms with Gasteiger partial charge in [-0.3, -0.25) is 4.90 Å². The van der Waals surface area contributed by atoms with Crippen molar-refractivity contribution in [2.24, 2.45) is 0 Å². The van der Waals surface area contributed by atoms with Gasteiger partial charge in [0.2, 0.25) is 0 Å². The molecule has 1 saturated heterocycles. The third-order valence-corrected chi connectivity index (χ3v) is 6.26. The Morgan fingerprint density at radius 3 is 2.88 bits per heavy atom. The third kappa shape index (κ3) is 3.54. The summed E-state index contributed by atoms with van der Waals surface area (Å²) in [5.74, 6) is 0. The summed E-state index contributed by atoms with van der Waals surface area (Å²) < 4.78 is 1.16. The number of hydrogen-bond acceptors (Lipinski definition) is 7. The number of benzene rings is 1. The summed E-state index contributed by atoms with van der Waals surface area (Å²) in [5, 5.41) is 12.4. The van der Waals surface area contributed by atoms with Crippen LogP contribution in [0.2, 0.25) is 5.02 Å². The monoisotopic (exact) mass is 379 g/mol. The first-order valence-corrected chi connectivity index (χ1v) is 10.0. The van der Waals surface area contributed by atoms with Crippen molar-refractivity contribution in [1.82, 2.24) is 20.1 Å². The molecule has 3 aromatic rings. The molecule has 4 rings (SSSR count). The van der Waals surface area contributed by atoms with Crippen molar-refractivity contribution >= 4 is 49.6 Å². The first-order chi connectivity index (χ1) is 11.7. The van der Waals surface area contributed by atoms with Gasteiger partial charge in [0.25, 0.3) is 0 Å². The van der Waals surface area contributed by atoms with Crippen LogP contribution in [-0.2, 0) is 6.54 Å². The number of aryl methyl sites for hydroxylation is 1. The number of hydrogen-bond donors (Lipinski definition) is 0. The minimum atomic E-state index is 0.770. The fraction of sp³-hybridized carbons (Fsp3) is 0.438.